The quantitative estimate of drug-likeness (QED) is 0.188. The summed E-state index contributed by atoms with van der Waals surface area (Å²) in [6.07, 6.45) is 7.91. The number of aromatic hydroxyl groups is 1. The lowest BCUT2D eigenvalue weighted by molar-refractivity contribution is -0.117. The normalized spacial score (nSPS) is 14.5. The fraction of sp³-hybridized carbons (Fsp3) is 0.469. The highest BCUT2D eigenvalue weighted by atomic mass is 19.2. The number of phenols is 1. The van der Waals surface area contributed by atoms with Gasteiger partial charge in [-0.05, 0) is 67.9 Å². The lowest BCUT2D eigenvalue weighted by Gasteiger charge is -2.26. The molecular weight excluding hydrogens is 534 g/mol. The molecule has 1 amide bonds. The molecule has 0 spiro atoms. The zero-order valence-corrected chi connectivity index (χ0v) is 24.1. The lowest BCUT2D eigenvalue weighted by atomic mass is 9.85. The molecule has 0 unspecified atom stereocenters. The van der Waals surface area contributed by atoms with Crippen molar-refractivity contribution in [2.24, 2.45) is 5.92 Å². The number of rotatable bonds is 6. The van der Waals surface area contributed by atoms with E-state index in [4.69, 9.17) is 9.97 Å². The molecule has 3 aromatic rings. The number of benzene rings is 2. The lowest BCUT2D eigenvalue weighted by Crippen LogP contribution is -2.31. The summed E-state index contributed by atoms with van der Waals surface area (Å²) < 4.78 is 56.3. The second-order valence-electron chi connectivity index (χ2n) is 10.7. The average molecular weight is 572 g/mol. The molecule has 41 heavy (non-hydrogen) atoms. The van der Waals surface area contributed by atoms with E-state index in [2.05, 4.69) is 0 Å². The predicted octanol–water partition coefficient (Wildman–Crippen LogP) is 7.56. The Morgan fingerprint density at radius 1 is 0.976 bits per heavy atom. The summed E-state index contributed by atoms with van der Waals surface area (Å²) in [4.78, 5) is 24.4. The molecular formula is C32H37F4N3O2. The number of nitrogens with zero attached hydrogens (tertiary/aromatic N) is 3. The first-order valence-corrected chi connectivity index (χ1v) is 14.5. The average Bonchev–Trinajstić information content (AvgIpc) is 3.00. The van der Waals surface area contributed by atoms with Crippen molar-refractivity contribution in [3.63, 3.8) is 0 Å². The maximum absolute atomic E-state index is 14.5. The van der Waals surface area contributed by atoms with Gasteiger partial charge in [0, 0.05) is 18.2 Å². The van der Waals surface area contributed by atoms with Crippen LogP contribution in [0.1, 0.15) is 80.5 Å². The summed E-state index contributed by atoms with van der Waals surface area (Å²) in [5, 5.41) is 9.93. The standard InChI is InChI=1S/C30H31F4N3O2.C2H6/c1-16-21(26(32)28(34)27(33)25(16)31)15-24(39)37(2)30-23(12-8-17-6-4-3-5-7-17)35-29-20-11-10-19(38)14-18(20)9-13-22(29)36-30;1-2/h10-11,14,17,38H,3-9,12-13,15H2,1-2H3;1-2H3. The number of aryl methyl sites for hydroxylation is 3. The maximum Gasteiger partial charge on any atom is 0.232 e. The fourth-order valence-electron chi connectivity index (χ4n) is 5.79. The van der Waals surface area contributed by atoms with E-state index in [1.165, 1.54) is 31.2 Å². The number of carbonyl (C=O) groups excluding carboxylic acids is 1. The zero-order valence-electron chi connectivity index (χ0n) is 24.1. The van der Waals surface area contributed by atoms with Crippen LogP contribution in [0, 0.1) is 36.1 Å². The van der Waals surface area contributed by atoms with Crippen LogP contribution in [0.5, 0.6) is 5.75 Å². The first-order valence-electron chi connectivity index (χ1n) is 14.5. The van der Waals surface area contributed by atoms with Gasteiger partial charge in [0.1, 0.15) is 5.75 Å². The van der Waals surface area contributed by atoms with Crippen molar-refractivity contribution < 1.29 is 27.5 Å². The fourth-order valence-corrected chi connectivity index (χ4v) is 5.79. The van der Waals surface area contributed by atoms with Crippen LogP contribution in [0.3, 0.4) is 0 Å². The number of phenolic OH excluding ortho intramolecular Hbond substituents is 1. The van der Waals surface area contributed by atoms with Gasteiger partial charge in [-0.25, -0.2) is 27.5 Å². The molecule has 1 saturated carbocycles. The van der Waals surface area contributed by atoms with Gasteiger partial charge in [0.25, 0.3) is 0 Å². The van der Waals surface area contributed by atoms with Crippen LogP contribution in [-0.2, 0) is 30.5 Å². The van der Waals surface area contributed by atoms with Gasteiger partial charge in [0.2, 0.25) is 5.91 Å². The molecule has 5 rings (SSSR count). The monoisotopic (exact) mass is 571 g/mol. The number of hydrogen-bond acceptors (Lipinski definition) is 4. The van der Waals surface area contributed by atoms with E-state index in [0.29, 0.717) is 48.1 Å². The first-order chi connectivity index (χ1) is 19.7. The summed E-state index contributed by atoms with van der Waals surface area (Å²) in [5.41, 5.74) is 2.92. The second kappa shape index (κ2) is 13.0. The largest absolute Gasteiger partial charge is 0.508 e. The molecule has 9 heteroatoms. The number of amides is 1. The Balaban J connectivity index is 0.00000189. The summed E-state index contributed by atoms with van der Waals surface area (Å²) in [7, 11) is 1.49. The summed E-state index contributed by atoms with van der Waals surface area (Å²) in [6.45, 7) is 5.12. The summed E-state index contributed by atoms with van der Waals surface area (Å²) >= 11 is 0. The minimum atomic E-state index is -1.94. The smallest absolute Gasteiger partial charge is 0.232 e. The van der Waals surface area contributed by atoms with Gasteiger partial charge >= 0.3 is 0 Å². The molecule has 0 aliphatic heterocycles. The van der Waals surface area contributed by atoms with E-state index in [0.717, 1.165) is 37.3 Å². The third-order valence-electron chi connectivity index (χ3n) is 8.15. The molecule has 0 saturated heterocycles. The molecule has 0 atom stereocenters. The summed E-state index contributed by atoms with van der Waals surface area (Å²) in [5.74, 6) is -6.48. The molecule has 2 aliphatic carbocycles. The third-order valence-corrected chi connectivity index (χ3v) is 8.15. The van der Waals surface area contributed by atoms with Crippen molar-refractivity contribution >= 4 is 11.7 Å². The van der Waals surface area contributed by atoms with Crippen LogP contribution in [-0.4, -0.2) is 28.0 Å². The van der Waals surface area contributed by atoms with Crippen molar-refractivity contribution in [2.45, 2.75) is 85.0 Å². The molecule has 2 aliphatic rings. The molecule has 1 heterocycles. The topological polar surface area (TPSA) is 66.3 Å². The Morgan fingerprint density at radius 3 is 2.37 bits per heavy atom. The van der Waals surface area contributed by atoms with Crippen molar-refractivity contribution in [2.75, 3.05) is 11.9 Å². The molecule has 2 aromatic carbocycles. The van der Waals surface area contributed by atoms with E-state index in [1.807, 2.05) is 19.9 Å². The Kier molecular flexibility index (Phi) is 9.66. The van der Waals surface area contributed by atoms with E-state index < -0.39 is 46.7 Å². The predicted molar refractivity (Wildman–Crippen MR) is 151 cm³/mol. The van der Waals surface area contributed by atoms with Crippen LogP contribution in [0.4, 0.5) is 23.4 Å². The van der Waals surface area contributed by atoms with Gasteiger partial charge in [-0.15, -0.1) is 0 Å². The number of aromatic nitrogens is 2. The van der Waals surface area contributed by atoms with E-state index >= 15 is 0 Å². The van der Waals surface area contributed by atoms with Gasteiger partial charge in [0.15, 0.2) is 29.1 Å². The molecule has 0 radical (unpaired) electrons. The van der Waals surface area contributed by atoms with Gasteiger partial charge < -0.3 is 5.11 Å². The highest BCUT2D eigenvalue weighted by Crippen LogP contribution is 2.36. The van der Waals surface area contributed by atoms with Gasteiger partial charge in [-0.1, -0.05) is 46.0 Å². The Labute approximate surface area is 238 Å². The van der Waals surface area contributed by atoms with E-state index in [1.54, 1.807) is 12.1 Å². The maximum atomic E-state index is 14.5. The number of anilines is 1. The van der Waals surface area contributed by atoms with Gasteiger partial charge in [0.05, 0.1) is 23.5 Å². The number of hydrogen-bond donors (Lipinski definition) is 1. The van der Waals surface area contributed by atoms with Crippen LogP contribution >= 0.6 is 0 Å². The first kappa shape index (κ1) is 30.5. The molecule has 1 fully saturated rings. The summed E-state index contributed by atoms with van der Waals surface area (Å²) in [6, 6.07) is 5.15. The molecule has 5 nitrogen and oxygen atoms in total. The van der Waals surface area contributed by atoms with Crippen LogP contribution in [0.15, 0.2) is 18.2 Å². The SMILES string of the molecule is CC.Cc1c(F)c(F)c(F)c(F)c1CC(=O)N(C)c1nc2c(nc1CCC1CCCCC1)-c1ccc(O)cc1CC2. The molecule has 1 aromatic heterocycles. The van der Waals surface area contributed by atoms with Gasteiger partial charge in [-0.3, -0.25) is 9.69 Å². The highest BCUT2D eigenvalue weighted by Gasteiger charge is 2.29. The van der Waals surface area contributed by atoms with E-state index in [9.17, 15) is 27.5 Å². The van der Waals surface area contributed by atoms with Crippen molar-refractivity contribution in [1.29, 1.82) is 0 Å². The molecule has 1 N–H and O–H groups in total. The number of likely N-dealkylation sites (N-methyl/N-ethyl adjacent to an activating group) is 1. The van der Waals surface area contributed by atoms with Crippen LogP contribution in [0.2, 0.25) is 0 Å². The molecule has 0 bridgehead atoms. The van der Waals surface area contributed by atoms with E-state index in [-0.39, 0.29) is 5.75 Å². The third kappa shape index (κ3) is 6.23. The van der Waals surface area contributed by atoms with Crippen molar-refractivity contribution in [3.05, 3.63) is 69.5 Å². The molecule has 220 valence electrons. The van der Waals surface area contributed by atoms with Crippen LogP contribution in [0.25, 0.3) is 11.3 Å². The number of fused-ring (bicyclic) bond motifs is 3. The van der Waals surface area contributed by atoms with Crippen molar-refractivity contribution in [1.82, 2.24) is 9.97 Å². The Hall–Kier alpha value is -3.49. The Bertz CT molecular complexity index is 1410. The number of carbonyl (C=O) groups is 1. The van der Waals surface area contributed by atoms with Crippen LogP contribution < -0.4 is 4.90 Å². The van der Waals surface area contributed by atoms with Crippen molar-refractivity contribution in [3.8, 4) is 17.0 Å². The zero-order chi connectivity index (χ0) is 29.8. The minimum absolute atomic E-state index is 0.181. The highest BCUT2D eigenvalue weighted by molar-refractivity contribution is 5.94. The Morgan fingerprint density at radius 2 is 1.66 bits per heavy atom. The number of halogens is 4. The minimum Gasteiger partial charge on any atom is -0.508 e. The second-order valence-corrected chi connectivity index (χ2v) is 10.7. The van der Waals surface area contributed by atoms with Gasteiger partial charge in [-0.2, -0.15) is 0 Å².